The molecule has 1 aromatic rings. The average molecular weight is 361 g/mol. The maximum atomic E-state index is 12.7. The molecule has 108 valence electrons. The van der Waals surface area contributed by atoms with E-state index < -0.39 is 21.6 Å². The topological polar surface area (TPSA) is 59.1 Å². The van der Waals surface area contributed by atoms with Crippen molar-refractivity contribution in [3.63, 3.8) is 0 Å². The molecule has 0 aliphatic heterocycles. The first-order valence-electron chi connectivity index (χ1n) is 5.33. The van der Waals surface area contributed by atoms with Crippen LogP contribution < -0.4 is 5.32 Å². The van der Waals surface area contributed by atoms with Crippen molar-refractivity contribution in [3.05, 3.63) is 22.3 Å². The lowest BCUT2D eigenvalue weighted by Gasteiger charge is -2.13. The third kappa shape index (κ3) is 4.98. The van der Waals surface area contributed by atoms with E-state index in [4.69, 9.17) is 0 Å². The summed E-state index contributed by atoms with van der Waals surface area (Å²) >= 11 is 2.91. The number of aromatic nitrogens is 1. The van der Waals surface area contributed by atoms with E-state index in [1.165, 1.54) is 13.1 Å². The van der Waals surface area contributed by atoms with Gasteiger partial charge in [0.05, 0.1) is 11.3 Å². The van der Waals surface area contributed by atoms with Gasteiger partial charge in [-0.1, -0.05) is 6.92 Å². The summed E-state index contributed by atoms with van der Waals surface area (Å²) in [7, 11) is -3.23. The van der Waals surface area contributed by atoms with Gasteiger partial charge in [0.2, 0.25) is 0 Å². The van der Waals surface area contributed by atoms with Gasteiger partial charge >= 0.3 is 6.18 Å². The van der Waals surface area contributed by atoms with E-state index in [2.05, 4.69) is 26.2 Å². The molecule has 1 N–H and O–H groups in total. The van der Waals surface area contributed by atoms with E-state index in [-0.39, 0.29) is 28.3 Å². The molecule has 0 saturated heterocycles. The van der Waals surface area contributed by atoms with Crippen LogP contribution in [0, 0.1) is 0 Å². The second-order valence-corrected chi connectivity index (χ2v) is 7.10. The van der Waals surface area contributed by atoms with Crippen molar-refractivity contribution < 1.29 is 21.6 Å². The second-order valence-electron chi connectivity index (χ2n) is 3.71. The van der Waals surface area contributed by atoms with Crippen molar-refractivity contribution in [2.24, 2.45) is 0 Å². The van der Waals surface area contributed by atoms with Gasteiger partial charge in [-0.2, -0.15) is 13.2 Å². The predicted octanol–water partition coefficient (Wildman–Crippen LogP) is 2.71. The molecule has 0 fully saturated rings. The molecule has 1 rings (SSSR count). The molecule has 19 heavy (non-hydrogen) atoms. The lowest BCUT2D eigenvalue weighted by Crippen LogP contribution is -2.19. The Kier molecular flexibility index (Phi) is 5.19. The summed E-state index contributed by atoms with van der Waals surface area (Å²) in [5, 5.41) is 2.41. The SMILES string of the molecule is CCS(=O)(=O)CCNc1ncc(Br)cc1C(F)(F)F. The Bertz CT molecular complexity index is 546. The van der Waals surface area contributed by atoms with Gasteiger partial charge in [-0.15, -0.1) is 0 Å². The molecular formula is C10H12BrF3N2O2S. The maximum absolute atomic E-state index is 12.7. The zero-order chi connectivity index (χ0) is 14.7. The van der Waals surface area contributed by atoms with Crippen LogP contribution in [0.1, 0.15) is 12.5 Å². The van der Waals surface area contributed by atoms with Crippen LogP contribution in [-0.4, -0.2) is 31.5 Å². The predicted molar refractivity (Wildman–Crippen MR) is 69.8 cm³/mol. The van der Waals surface area contributed by atoms with Crippen LogP contribution in [0.25, 0.3) is 0 Å². The van der Waals surface area contributed by atoms with E-state index >= 15 is 0 Å². The number of nitrogens with one attached hydrogen (secondary N) is 1. The van der Waals surface area contributed by atoms with Crippen LogP contribution in [0.15, 0.2) is 16.7 Å². The molecule has 0 aliphatic carbocycles. The van der Waals surface area contributed by atoms with E-state index in [0.29, 0.717) is 0 Å². The molecule has 0 spiro atoms. The molecule has 0 bridgehead atoms. The Labute approximate surface area is 117 Å². The maximum Gasteiger partial charge on any atom is 0.419 e. The smallest absolute Gasteiger partial charge is 0.369 e. The molecule has 0 radical (unpaired) electrons. The van der Waals surface area contributed by atoms with Crippen molar-refractivity contribution in [1.29, 1.82) is 0 Å². The number of anilines is 1. The zero-order valence-electron chi connectivity index (χ0n) is 9.96. The minimum absolute atomic E-state index is 0.0470. The number of alkyl halides is 3. The summed E-state index contributed by atoms with van der Waals surface area (Å²) in [5.74, 6) is -0.658. The fourth-order valence-electron chi connectivity index (χ4n) is 1.27. The van der Waals surface area contributed by atoms with E-state index in [1.807, 2.05) is 0 Å². The highest BCUT2D eigenvalue weighted by Gasteiger charge is 2.34. The molecular weight excluding hydrogens is 349 g/mol. The standard InChI is InChI=1S/C10H12BrF3N2O2S/c1-2-19(17,18)4-3-15-9-8(10(12,13)14)5-7(11)6-16-9/h5-6H,2-4H2,1H3,(H,15,16). The number of pyridine rings is 1. The Hall–Kier alpha value is -0.830. The summed E-state index contributed by atoms with van der Waals surface area (Å²) in [6, 6.07) is 0.893. The van der Waals surface area contributed by atoms with Gasteiger partial charge in [0.25, 0.3) is 0 Å². The molecule has 9 heteroatoms. The number of hydrogen-bond donors (Lipinski definition) is 1. The van der Waals surface area contributed by atoms with Gasteiger partial charge in [-0.25, -0.2) is 13.4 Å². The monoisotopic (exact) mass is 360 g/mol. The Balaban J connectivity index is 2.85. The highest BCUT2D eigenvalue weighted by atomic mass is 79.9. The molecule has 1 aromatic heterocycles. The van der Waals surface area contributed by atoms with Gasteiger partial charge in [0.15, 0.2) is 9.84 Å². The molecule has 0 amide bonds. The largest absolute Gasteiger partial charge is 0.419 e. The first-order chi connectivity index (χ1) is 8.65. The number of rotatable bonds is 5. The van der Waals surface area contributed by atoms with Gasteiger partial charge in [0.1, 0.15) is 5.82 Å². The molecule has 1 heterocycles. The van der Waals surface area contributed by atoms with Crippen LogP contribution in [0.4, 0.5) is 19.0 Å². The van der Waals surface area contributed by atoms with Crippen molar-refractivity contribution >= 4 is 31.6 Å². The van der Waals surface area contributed by atoms with Crippen LogP contribution in [0.3, 0.4) is 0 Å². The molecule has 0 saturated carbocycles. The summed E-state index contributed by atoms with van der Waals surface area (Å²) < 4.78 is 60.9. The van der Waals surface area contributed by atoms with Crippen LogP contribution in [0.5, 0.6) is 0 Å². The minimum Gasteiger partial charge on any atom is -0.369 e. The van der Waals surface area contributed by atoms with E-state index in [9.17, 15) is 21.6 Å². The second kappa shape index (κ2) is 6.08. The molecule has 0 unspecified atom stereocenters. The van der Waals surface area contributed by atoms with Crippen LogP contribution in [0.2, 0.25) is 0 Å². The van der Waals surface area contributed by atoms with Gasteiger partial charge in [-0.05, 0) is 22.0 Å². The number of hydrogen-bond acceptors (Lipinski definition) is 4. The zero-order valence-corrected chi connectivity index (χ0v) is 12.4. The Morgan fingerprint density at radius 2 is 2.05 bits per heavy atom. The van der Waals surface area contributed by atoms with Crippen molar-refractivity contribution in [1.82, 2.24) is 4.98 Å². The van der Waals surface area contributed by atoms with Gasteiger partial charge in [-0.3, -0.25) is 0 Å². The van der Waals surface area contributed by atoms with E-state index in [0.717, 1.165) is 6.07 Å². The van der Waals surface area contributed by atoms with Crippen LogP contribution >= 0.6 is 15.9 Å². The number of sulfone groups is 1. The van der Waals surface area contributed by atoms with E-state index in [1.54, 1.807) is 0 Å². The first-order valence-corrected chi connectivity index (χ1v) is 7.94. The Morgan fingerprint density at radius 1 is 1.42 bits per heavy atom. The fraction of sp³-hybridized carbons (Fsp3) is 0.500. The van der Waals surface area contributed by atoms with Crippen molar-refractivity contribution in [2.75, 3.05) is 23.4 Å². The number of halogens is 4. The lowest BCUT2D eigenvalue weighted by atomic mass is 10.2. The summed E-state index contributed by atoms with van der Waals surface area (Å²) in [4.78, 5) is 3.62. The minimum atomic E-state index is -4.55. The quantitative estimate of drug-likeness (QED) is 0.876. The van der Waals surface area contributed by atoms with Gasteiger partial charge < -0.3 is 5.32 Å². The van der Waals surface area contributed by atoms with Crippen molar-refractivity contribution in [2.45, 2.75) is 13.1 Å². The fourth-order valence-corrected chi connectivity index (χ4v) is 2.30. The summed E-state index contributed by atoms with van der Waals surface area (Å²) in [5.41, 5.74) is -0.934. The Morgan fingerprint density at radius 3 is 2.58 bits per heavy atom. The third-order valence-electron chi connectivity index (χ3n) is 2.31. The summed E-state index contributed by atoms with van der Waals surface area (Å²) in [6.07, 6.45) is -3.34. The van der Waals surface area contributed by atoms with Crippen LogP contribution in [-0.2, 0) is 16.0 Å². The highest BCUT2D eigenvalue weighted by molar-refractivity contribution is 9.10. The average Bonchev–Trinajstić information content (AvgIpc) is 2.29. The van der Waals surface area contributed by atoms with Gasteiger partial charge in [0, 0.05) is 23.0 Å². The normalized spacial score (nSPS) is 12.5. The molecule has 4 nitrogen and oxygen atoms in total. The molecule has 0 aromatic carbocycles. The molecule has 0 aliphatic rings. The first kappa shape index (κ1) is 16.2. The summed E-state index contributed by atoms with van der Waals surface area (Å²) in [6.45, 7) is 1.36. The highest BCUT2D eigenvalue weighted by Crippen LogP contribution is 2.35. The lowest BCUT2D eigenvalue weighted by molar-refractivity contribution is -0.137. The third-order valence-corrected chi connectivity index (χ3v) is 4.44. The number of nitrogens with zero attached hydrogens (tertiary/aromatic N) is 1. The molecule has 0 atom stereocenters. The van der Waals surface area contributed by atoms with Crippen molar-refractivity contribution in [3.8, 4) is 0 Å².